The summed E-state index contributed by atoms with van der Waals surface area (Å²) in [6, 6.07) is 0.220. The number of alkyl halides is 3. The Hall–Kier alpha value is -0.290. The number of rotatable bonds is 6. The number of halogens is 3. The van der Waals surface area contributed by atoms with Crippen LogP contribution >= 0.6 is 0 Å². The lowest BCUT2D eigenvalue weighted by molar-refractivity contribution is -0.139. The second-order valence-corrected chi connectivity index (χ2v) is 5.88. The first-order valence-electron chi connectivity index (χ1n) is 7.34. The Bertz CT molecular complexity index is 256. The summed E-state index contributed by atoms with van der Waals surface area (Å²) in [5, 5.41) is 0. The van der Waals surface area contributed by atoms with Crippen molar-refractivity contribution in [1.82, 2.24) is 4.90 Å². The van der Waals surface area contributed by atoms with Gasteiger partial charge in [-0.05, 0) is 38.3 Å². The fourth-order valence-corrected chi connectivity index (χ4v) is 3.25. The summed E-state index contributed by atoms with van der Waals surface area (Å²) in [7, 11) is 1.81. The highest BCUT2D eigenvalue weighted by Gasteiger charge is 2.34. The van der Waals surface area contributed by atoms with E-state index < -0.39 is 12.6 Å². The molecular weight excluding hydrogens is 253 g/mol. The molecule has 1 fully saturated rings. The van der Waals surface area contributed by atoms with Crippen molar-refractivity contribution in [2.75, 3.05) is 20.1 Å². The topological polar surface area (TPSA) is 29.3 Å². The Labute approximate surface area is 114 Å². The molecule has 0 spiro atoms. The van der Waals surface area contributed by atoms with Gasteiger partial charge >= 0.3 is 6.18 Å². The molecule has 0 saturated heterocycles. The van der Waals surface area contributed by atoms with Gasteiger partial charge in [0.25, 0.3) is 0 Å². The van der Waals surface area contributed by atoms with Crippen LogP contribution in [-0.2, 0) is 0 Å². The van der Waals surface area contributed by atoms with Crippen LogP contribution in [0.5, 0.6) is 0 Å². The molecule has 1 saturated carbocycles. The van der Waals surface area contributed by atoms with E-state index in [4.69, 9.17) is 5.73 Å². The van der Waals surface area contributed by atoms with Crippen molar-refractivity contribution in [2.24, 2.45) is 17.6 Å². The molecule has 3 unspecified atom stereocenters. The average Bonchev–Trinajstić information content (AvgIpc) is 2.35. The summed E-state index contributed by atoms with van der Waals surface area (Å²) in [6.07, 6.45) is 0.781. The van der Waals surface area contributed by atoms with Crippen LogP contribution < -0.4 is 5.73 Å². The molecule has 0 bridgehead atoms. The van der Waals surface area contributed by atoms with Gasteiger partial charge in [-0.25, -0.2) is 0 Å². The second kappa shape index (κ2) is 7.48. The quantitative estimate of drug-likeness (QED) is 0.808. The molecule has 1 rings (SSSR count). The maximum atomic E-state index is 12.3. The summed E-state index contributed by atoms with van der Waals surface area (Å²) >= 11 is 0. The Kier molecular flexibility index (Phi) is 6.60. The summed E-state index contributed by atoms with van der Waals surface area (Å²) in [6.45, 7) is 2.83. The molecule has 19 heavy (non-hydrogen) atoms. The molecule has 1 aliphatic carbocycles. The van der Waals surface area contributed by atoms with E-state index in [1.807, 2.05) is 11.9 Å². The monoisotopic (exact) mass is 280 g/mol. The van der Waals surface area contributed by atoms with Gasteiger partial charge < -0.3 is 10.6 Å². The van der Waals surface area contributed by atoms with Crippen LogP contribution in [0.3, 0.4) is 0 Å². The normalized spacial score (nSPS) is 28.9. The predicted octanol–water partition coefficient (Wildman–Crippen LogP) is 3.41. The molecule has 2 N–H and O–H groups in total. The first kappa shape index (κ1) is 16.8. The fourth-order valence-electron chi connectivity index (χ4n) is 3.25. The lowest BCUT2D eigenvalue weighted by atomic mass is 9.76. The number of nitrogens with two attached hydrogens (primary N) is 1. The largest absolute Gasteiger partial charge is 0.390 e. The van der Waals surface area contributed by atoms with Gasteiger partial charge in [-0.1, -0.05) is 26.2 Å². The van der Waals surface area contributed by atoms with Crippen LogP contribution in [0.1, 0.15) is 45.4 Å². The van der Waals surface area contributed by atoms with Crippen LogP contribution in [-0.4, -0.2) is 37.3 Å². The standard InChI is InChI=1S/C14H27F3N2/c1-3-4-11-5-6-12(10-18)13(9-11)19(2)8-7-14(15,16)17/h11-13H,3-10,18H2,1-2H3. The highest BCUT2D eigenvalue weighted by atomic mass is 19.4. The van der Waals surface area contributed by atoms with Crippen LogP contribution in [0.2, 0.25) is 0 Å². The first-order chi connectivity index (χ1) is 8.87. The maximum Gasteiger partial charge on any atom is 0.390 e. The predicted molar refractivity (Wildman–Crippen MR) is 71.9 cm³/mol. The van der Waals surface area contributed by atoms with Crippen molar-refractivity contribution < 1.29 is 13.2 Å². The van der Waals surface area contributed by atoms with Gasteiger partial charge in [0.15, 0.2) is 0 Å². The van der Waals surface area contributed by atoms with Gasteiger partial charge in [0.1, 0.15) is 0 Å². The van der Waals surface area contributed by atoms with E-state index in [1.165, 1.54) is 12.8 Å². The average molecular weight is 280 g/mol. The first-order valence-corrected chi connectivity index (χ1v) is 7.34. The van der Waals surface area contributed by atoms with E-state index in [2.05, 4.69) is 6.92 Å². The van der Waals surface area contributed by atoms with Crippen LogP contribution in [0.25, 0.3) is 0 Å². The Morgan fingerprint density at radius 1 is 1.26 bits per heavy atom. The molecule has 0 aromatic carbocycles. The third-order valence-corrected chi connectivity index (χ3v) is 4.38. The van der Waals surface area contributed by atoms with E-state index in [9.17, 15) is 13.2 Å². The van der Waals surface area contributed by atoms with Crippen LogP contribution in [0, 0.1) is 11.8 Å². The number of nitrogens with zero attached hydrogens (tertiary/aromatic N) is 1. The SMILES string of the molecule is CCCC1CCC(CN)C(N(C)CCC(F)(F)F)C1. The van der Waals surface area contributed by atoms with Crippen molar-refractivity contribution in [3.05, 3.63) is 0 Å². The van der Waals surface area contributed by atoms with E-state index in [1.54, 1.807) is 0 Å². The molecule has 0 aliphatic heterocycles. The lowest BCUT2D eigenvalue weighted by Gasteiger charge is -2.41. The molecule has 0 aromatic heterocycles. The van der Waals surface area contributed by atoms with E-state index in [0.717, 1.165) is 19.3 Å². The molecule has 0 radical (unpaired) electrons. The minimum absolute atomic E-state index is 0.0868. The molecule has 0 aromatic rings. The van der Waals surface area contributed by atoms with Gasteiger partial charge in [-0.15, -0.1) is 0 Å². The lowest BCUT2D eigenvalue weighted by Crippen LogP contribution is -2.46. The Balaban J connectivity index is 2.53. The van der Waals surface area contributed by atoms with Crippen LogP contribution in [0.4, 0.5) is 13.2 Å². The van der Waals surface area contributed by atoms with Gasteiger partial charge in [-0.2, -0.15) is 13.2 Å². The zero-order valence-electron chi connectivity index (χ0n) is 12.0. The van der Waals surface area contributed by atoms with Crippen molar-refractivity contribution in [3.8, 4) is 0 Å². The van der Waals surface area contributed by atoms with E-state index >= 15 is 0 Å². The third kappa shape index (κ3) is 5.69. The Morgan fingerprint density at radius 3 is 2.47 bits per heavy atom. The van der Waals surface area contributed by atoms with Crippen molar-refractivity contribution >= 4 is 0 Å². The maximum absolute atomic E-state index is 12.3. The molecule has 3 atom stereocenters. The van der Waals surface area contributed by atoms with Gasteiger partial charge in [-0.3, -0.25) is 0 Å². The highest BCUT2D eigenvalue weighted by molar-refractivity contribution is 4.86. The molecular formula is C14H27F3N2. The van der Waals surface area contributed by atoms with Gasteiger partial charge in [0, 0.05) is 12.6 Å². The van der Waals surface area contributed by atoms with Crippen LogP contribution in [0.15, 0.2) is 0 Å². The van der Waals surface area contributed by atoms with E-state index in [-0.39, 0.29) is 12.6 Å². The summed E-state index contributed by atoms with van der Waals surface area (Å²) < 4.78 is 36.9. The Morgan fingerprint density at radius 2 is 1.95 bits per heavy atom. The summed E-state index contributed by atoms with van der Waals surface area (Å²) in [4.78, 5) is 1.88. The molecule has 0 amide bonds. The molecule has 5 heteroatoms. The third-order valence-electron chi connectivity index (χ3n) is 4.38. The van der Waals surface area contributed by atoms with Crippen molar-refractivity contribution in [3.63, 3.8) is 0 Å². The smallest absolute Gasteiger partial charge is 0.330 e. The summed E-state index contributed by atoms with van der Waals surface area (Å²) in [5.74, 6) is 1.01. The second-order valence-electron chi connectivity index (χ2n) is 5.88. The summed E-state index contributed by atoms with van der Waals surface area (Å²) in [5.41, 5.74) is 5.78. The molecule has 114 valence electrons. The number of hydrogen-bond donors (Lipinski definition) is 1. The molecule has 1 aliphatic rings. The zero-order chi connectivity index (χ0) is 14.5. The fraction of sp³-hybridized carbons (Fsp3) is 1.00. The van der Waals surface area contributed by atoms with Crippen molar-refractivity contribution in [2.45, 2.75) is 57.7 Å². The highest BCUT2D eigenvalue weighted by Crippen LogP contribution is 2.34. The van der Waals surface area contributed by atoms with Crippen molar-refractivity contribution in [1.29, 1.82) is 0 Å². The number of hydrogen-bond acceptors (Lipinski definition) is 2. The minimum atomic E-state index is -4.07. The minimum Gasteiger partial charge on any atom is -0.330 e. The van der Waals surface area contributed by atoms with Gasteiger partial charge in [0.2, 0.25) is 0 Å². The molecule has 2 nitrogen and oxygen atoms in total. The van der Waals surface area contributed by atoms with Gasteiger partial charge in [0.05, 0.1) is 6.42 Å². The van der Waals surface area contributed by atoms with E-state index in [0.29, 0.717) is 18.4 Å². The molecule has 0 heterocycles. The zero-order valence-corrected chi connectivity index (χ0v) is 12.0.